The van der Waals surface area contributed by atoms with Crippen LogP contribution in [0.3, 0.4) is 0 Å². The molecule has 0 atom stereocenters. The number of rotatable bonds is 8. The Kier molecular flexibility index (Phi) is 7.88. The Morgan fingerprint density at radius 3 is 2.26 bits per heavy atom. The van der Waals surface area contributed by atoms with E-state index in [1.54, 1.807) is 25.1 Å². The molecule has 2 aromatic carbocycles. The van der Waals surface area contributed by atoms with Gasteiger partial charge in [0.1, 0.15) is 5.82 Å². The number of anilines is 1. The van der Waals surface area contributed by atoms with Crippen molar-refractivity contribution in [2.75, 3.05) is 19.0 Å². The maximum Gasteiger partial charge on any atom is 0.335 e. The topological polar surface area (TPSA) is 137 Å². The highest BCUT2D eigenvalue weighted by Crippen LogP contribution is 2.27. The lowest BCUT2D eigenvalue weighted by Crippen LogP contribution is -2.33. The van der Waals surface area contributed by atoms with Gasteiger partial charge in [0.15, 0.2) is 0 Å². The number of aromatic amines is 1. The minimum atomic E-state index is -1.28. The molecule has 182 valence electrons. The molecular weight excluding hydrogens is 497 g/mol. The van der Waals surface area contributed by atoms with Gasteiger partial charge in [0.2, 0.25) is 17.5 Å². The first-order valence-corrected chi connectivity index (χ1v) is 11.0. The van der Waals surface area contributed by atoms with Gasteiger partial charge in [0.05, 0.1) is 28.6 Å². The van der Waals surface area contributed by atoms with Crippen molar-refractivity contribution >= 4 is 52.5 Å². The van der Waals surface area contributed by atoms with Crippen LogP contribution in [0, 0.1) is 6.92 Å². The number of nitrogens with one attached hydrogen (secondary N) is 1. The molecule has 0 bridgehead atoms. The molecule has 0 aliphatic heterocycles. The normalized spacial score (nSPS) is 10.7. The maximum atomic E-state index is 13.3. The molecule has 0 fully saturated rings. The number of halogens is 2. The van der Waals surface area contributed by atoms with Crippen LogP contribution in [0.5, 0.6) is 0 Å². The monoisotopic (exact) mass is 517 g/mol. The Balaban J connectivity index is 2.06. The van der Waals surface area contributed by atoms with E-state index >= 15 is 0 Å². The molecule has 3 aromatic rings. The molecule has 2 N–H and O–H groups in total. The predicted molar refractivity (Wildman–Crippen MR) is 129 cm³/mol. The molecule has 0 saturated heterocycles. The van der Waals surface area contributed by atoms with E-state index in [4.69, 9.17) is 23.2 Å². The fourth-order valence-corrected chi connectivity index (χ4v) is 3.52. The Labute approximate surface area is 210 Å². The summed E-state index contributed by atoms with van der Waals surface area (Å²) in [6.07, 6.45) is -0.590. The molecule has 0 unspecified atom stereocenters. The number of carboxylic acids is 1. The number of ketones is 1. The van der Waals surface area contributed by atoms with E-state index in [0.717, 1.165) is 0 Å². The lowest BCUT2D eigenvalue weighted by Gasteiger charge is -2.24. The fourth-order valence-electron chi connectivity index (χ4n) is 3.20. The molecule has 3 rings (SSSR count). The first-order chi connectivity index (χ1) is 16.5. The van der Waals surface area contributed by atoms with Crippen molar-refractivity contribution in [3.8, 4) is 0 Å². The molecule has 0 saturated carbocycles. The van der Waals surface area contributed by atoms with Crippen LogP contribution in [-0.2, 0) is 11.3 Å². The third-order valence-electron chi connectivity index (χ3n) is 4.91. The number of Topliss-reactive ketones (excluding diaryl/α,β-unsaturated/α-hetero) is 1. The second kappa shape index (κ2) is 10.7. The van der Waals surface area contributed by atoms with Crippen LogP contribution in [0.2, 0.25) is 10.0 Å². The van der Waals surface area contributed by atoms with Crippen LogP contribution in [0.15, 0.2) is 36.4 Å². The third kappa shape index (κ3) is 6.23. The Hall–Kier alpha value is -3.76. The summed E-state index contributed by atoms with van der Waals surface area (Å²) in [5.41, 5.74) is 0.545. The van der Waals surface area contributed by atoms with Crippen molar-refractivity contribution in [2.24, 2.45) is 0 Å². The van der Waals surface area contributed by atoms with Crippen LogP contribution in [0.4, 0.5) is 5.69 Å². The summed E-state index contributed by atoms with van der Waals surface area (Å²) >= 11 is 12.1. The second-order valence-corrected chi connectivity index (χ2v) is 8.66. The molecule has 1 aromatic heterocycles. The van der Waals surface area contributed by atoms with Gasteiger partial charge < -0.3 is 14.9 Å². The summed E-state index contributed by atoms with van der Waals surface area (Å²) in [5, 5.41) is 16.5. The lowest BCUT2D eigenvalue weighted by atomic mass is 10.1. The van der Waals surface area contributed by atoms with Crippen LogP contribution in [-0.4, -0.2) is 62.9 Å². The predicted octanol–water partition coefficient (Wildman–Crippen LogP) is 3.63. The highest BCUT2D eigenvalue weighted by atomic mass is 35.5. The zero-order chi connectivity index (χ0) is 25.9. The van der Waals surface area contributed by atoms with E-state index in [1.807, 2.05) is 0 Å². The standard InChI is InChI=1S/C23H21Cl2N5O5/c1-12-26-21(28-27-12)19(31)10-20(32)30(11-13-4-5-17(24)18(25)6-13)16-8-14(22(33)29(2)3)7-15(9-16)23(34)35/h4-9H,10-11H2,1-3H3,(H,34,35)(H,26,27,28). The van der Waals surface area contributed by atoms with Gasteiger partial charge in [-0.25, -0.2) is 9.78 Å². The van der Waals surface area contributed by atoms with E-state index in [9.17, 15) is 24.3 Å². The molecule has 0 aliphatic carbocycles. The average Bonchev–Trinajstić information content (AvgIpc) is 3.25. The summed E-state index contributed by atoms with van der Waals surface area (Å²) < 4.78 is 0. The van der Waals surface area contributed by atoms with Crippen LogP contribution >= 0.6 is 23.2 Å². The summed E-state index contributed by atoms with van der Waals surface area (Å²) in [7, 11) is 3.04. The molecule has 2 amide bonds. The van der Waals surface area contributed by atoms with Crippen molar-refractivity contribution in [1.29, 1.82) is 0 Å². The average molecular weight is 518 g/mol. The molecule has 0 spiro atoms. The van der Waals surface area contributed by atoms with Crippen molar-refractivity contribution in [3.63, 3.8) is 0 Å². The van der Waals surface area contributed by atoms with Gasteiger partial charge in [0, 0.05) is 25.3 Å². The van der Waals surface area contributed by atoms with Crippen molar-refractivity contribution in [1.82, 2.24) is 20.1 Å². The largest absolute Gasteiger partial charge is 0.478 e. The number of aromatic nitrogens is 3. The number of carbonyl (C=O) groups excluding carboxylic acids is 3. The summed E-state index contributed by atoms with van der Waals surface area (Å²) in [6.45, 7) is 1.54. The first-order valence-electron chi connectivity index (χ1n) is 10.2. The van der Waals surface area contributed by atoms with Gasteiger partial charge in [0.25, 0.3) is 5.91 Å². The van der Waals surface area contributed by atoms with Gasteiger partial charge in [-0.15, -0.1) is 0 Å². The maximum absolute atomic E-state index is 13.3. The highest BCUT2D eigenvalue weighted by Gasteiger charge is 2.25. The summed E-state index contributed by atoms with van der Waals surface area (Å²) in [4.78, 5) is 56.7. The van der Waals surface area contributed by atoms with Gasteiger partial charge in [-0.2, -0.15) is 5.10 Å². The Bertz CT molecular complexity index is 1320. The second-order valence-electron chi connectivity index (χ2n) is 7.85. The number of nitrogens with zero attached hydrogens (tertiary/aromatic N) is 4. The number of amides is 2. The van der Waals surface area contributed by atoms with E-state index in [-0.39, 0.29) is 34.2 Å². The van der Waals surface area contributed by atoms with Gasteiger partial charge in [-0.05, 0) is 42.8 Å². The molecule has 0 aliphatic rings. The fraction of sp³-hybridized carbons (Fsp3) is 0.217. The molecular formula is C23H21Cl2N5O5. The van der Waals surface area contributed by atoms with E-state index in [2.05, 4.69) is 15.2 Å². The SMILES string of the molecule is Cc1nc(C(=O)CC(=O)N(Cc2ccc(Cl)c(Cl)c2)c2cc(C(=O)O)cc(C(=O)N(C)C)c2)n[nH]1. The Morgan fingerprint density at radius 1 is 1.00 bits per heavy atom. The number of benzene rings is 2. The number of hydrogen-bond acceptors (Lipinski definition) is 6. The molecule has 12 heteroatoms. The zero-order valence-corrected chi connectivity index (χ0v) is 20.5. The van der Waals surface area contributed by atoms with E-state index < -0.39 is 30.0 Å². The van der Waals surface area contributed by atoms with Crippen LogP contribution in [0.25, 0.3) is 0 Å². The molecule has 1 heterocycles. The minimum Gasteiger partial charge on any atom is -0.478 e. The van der Waals surface area contributed by atoms with Crippen molar-refractivity contribution in [3.05, 3.63) is 74.8 Å². The van der Waals surface area contributed by atoms with Gasteiger partial charge in [-0.3, -0.25) is 19.5 Å². The van der Waals surface area contributed by atoms with Gasteiger partial charge in [-0.1, -0.05) is 29.3 Å². The third-order valence-corrected chi connectivity index (χ3v) is 5.65. The number of aromatic carboxylic acids is 1. The van der Waals surface area contributed by atoms with E-state index in [0.29, 0.717) is 16.4 Å². The Morgan fingerprint density at radius 2 is 1.69 bits per heavy atom. The van der Waals surface area contributed by atoms with Gasteiger partial charge >= 0.3 is 5.97 Å². The molecule has 10 nitrogen and oxygen atoms in total. The number of H-pyrrole nitrogens is 1. The highest BCUT2D eigenvalue weighted by molar-refractivity contribution is 6.42. The zero-order valence-electron chi connectivity index (χ0n) is 19.0. The molecule has 35 heavy (non-hydrogen) atoms. The molecule has 0 radical (unpaired) electrons. The number of carbonyl (C=O) groups is 4. The number of aryl methyl sites for hydroxylation is 1. The summed E-state index contributed by atoms with van der Waals surface area (Å²) in [6, 6.07) is 8.62. The lowest BCUT2D eigenvalue weighted by molar-refractivity contribution is -0.117. The van der Waals surface area contributed by atoms with E-state index in [1.165, 1.54) is 42.1 Å². The summed E-state index contributed by atoms with van der Waals surface area (Å²) in [5.74, 6) is -2.76. The number of carboxylic acid groups (broad SMARTS) is 1. The van der Waals surface area contributed by atoms with Crippen LogP contribution in [0.1, 0.15) is 49.1 Å². The quantitative estimate of drug-likeness (QED) is 0.343. The van der Waals surface area contributed by atoms with Crippen LogP contribution < -0.4 is 4.90 Å². The van der Waals surface area contributed by atoms with Crippen molar-refractivity contribution in [2.45, 2.75) is 19.9 Å². The van der Waals surface area contributed by atoms with Crippen molar-refractivity contribution < 1.29 is 24.3 Å². The number of hydrogen-bond donors (Lipinski definition) is 2. The minimum absolute atomic E-state index is 0.0627. The first kappa shape index (κ1) is 25.9. The smallest absolute Gasteiger partial charge is 0.335 e.